The predicted molar refractivity (Wildman–Crippen MR) is 79.7 cm³/mol. The number of imidazole rings is 1. The molecule has 5 heteroatoms. The Morgan fingerprint density at radius 2 is 2.05 bits per heavy atom. The summed E-state index contributed by atoms with van der Waals surface area (Å²) in [7, 11) is 0. The number of aromatic amines is 2. The molecule has 2 aromatic rings. The molecule has 1 aromatic heterocycles. The SMILES string of the molecule is O=C(NCc1ccc2[nH]c(=O)[nH]c2c1)[C@H]1C[C@H]2CC[C@H]1C2. The van der Waals surface area contributed by atoms with Crippen LogP contribution in [0.3, 0.4) is 0 Å². The maximum atomic E-state index is 12.3. The molecule has 1 heterocycles. The van der Waals surface area contributed by atoms with Gasteiger partial charge < -0.3 is 15.3 Å². The van der Waals surface area contributed by atoms with Gasteiger partial charge >= 0.3 is 5.69 Å². The van der Waals surface area contributed by atoms with E-state index in [4.69, 9.17) is 0 Å². The number of fused-ring (bicyclic) bond motifs is 3. The second kappa shape index (κ2) is 4.76. The summed E-state index contributed by atoms with van der Waals surface area (Å²) in [4.78, 5) is 29.0. The molecule has 0 aliphatic heterocycles. The summed E-state index contributed by atoms with van der Waals surface area (Å²) < 4.78 is 0. The number of amides is 1. The summed E-state index contributed by atoms with van der Waals surface area (Å²) in [6.45, 7) is 0.524. The number of benzene rings is 1. The van der Waals surface area contributed by atoms with E-state index in [1.165, 1.54) is 19.3 Å². The maximum Gasteiger partial charge on any atom is 0.323 e. The highest BCUT2D eigenvalue weighted by molar-refractivity contribution is 5.80. The van der Waals surface area contributed by atoms with Crippen molar-refractivity contribution in [3.8, 4) is 0 Å². The first-order valence-electron chi connectivity index (χ1n) is 7.67. The zero-order valence-electron chi connectivity index (χ0n) is 11.8. The Morgan fingerprint density at radius 3 is 2.81 bits per heavy atom. The number of rotatable bonds is 3. The number of carbonyl (C=O) groups is 1. The first-order chi connectivity index (χ1) is 10.2. The fourth-order valence-corrected chi connectivity index (χ4v) is 4.08. The molecule has 0 spiro atoms. The third-order valence-electron chi connectivity index (χ3n) is 5.12. The Kier molecular flexibility index (Phi) is 2.87. The lowest BCUT2D eigenvalue weighted by Gasteiger charge is -2.20. The number of hydrogen-bond acceptors (Lipinski definition) is 2. The van der Waals surface area contributed by atoms with Crippen LogP contribution in [0.2, 0.25) is 0 Å². The second-order valence-electron chi connectivity index (χ2n) is 6.46. The highest BCUT2D eigenvalue weighted by Crippen LogP contribution is 2.48. The maximum absolute atomic E-state index is 12.3. The Bertz CT molecular complexity index is 745. The lowest BCUT2D eigenvalue weighted by Crippen LogP contribution is -2.33. The first-order valence-corrected chi connectivity index (χ1v) is 7.67. The van der Waals surface area contributed by atoms with E-state index in [0.29, 0.717) is 12.5 Å². The van der Waals surface area contributed by atoms with Crippen LogP contribution in [0.4, 0.5) is 0 Å². The zero-order valence-corrected chi connectivity index (χ0v) is 11.8. The van der Waals surface area contributed by atoms with Gasteiger partial charge in [0.05, 0.1) is 11.0 Å². The molecule has 2 aliphatic rings. The molecule has 2 fully saturated rings. The van der Waals surface area contributed by atoms with Gasteiger partial charge in [0.2, 0.25) is 5.91 Å². The van der Waals surface area contributed by atoms with Gasteiger partial charge in [-0.15, -0.1) is 0 Å². The molecular weight excluding hydrogens is 266 g/mol. The minimum Gasteiger partial charge on any atom is -0.352 e. The highest BCUT2D eigenvalue weighted by atomic mass is 16.2. The summed E-state index contributed by atoms with van der Waals surface area (Å²) in [6, 6.07) is 5.72. The summed E-state index contributed by atoms with van der Waals surface area (Å²) in [5.74, 6) is 1.81. The van der Waals surface area contributed by atoms with Gasteiger partial charge in [0, 0.05) is 12.5 Å². The van der Waals surface area contributed by atoms with Crippen LogP contribution < -0.4 is 11.0 Å². The van der Waals surface area contributed by atoms with Gasteiger partial charge in [0.1, 0.15) is 0 Å². The van der Waals surface area contributed by atoms with Crippen molar-refractivity contribution in [3.63, 3.8) is 0 Å². The summed E-state index contributed by atoms with van der Waals surface area (Å²) in [5.41, 5.74) is 2.39. The average Bonchev–Trinajstić information content (AvgIpc) is 3.17. The molecule has 2 saturated carbocycles. The second-order valence-corrected chi connectivity index (χ2v) is 6.46. The van der Waals surface area contributed by atoms with Crippen LogP contribution >= 0.6 is 0 Å². The van der Waals surface area contributed by atoms with E-state index in [1.54, 1.807) is 0 Å². The molecule has 2 bridgehead atoms. The molecule has 21 heavy (non-hydrogen) atoms. The Morgan fingerprint density at radius 1 is 1.19 bits per heavy atom. The molecule has 0 unspecified atom stereocenters. The molecule has 5 nitrogen and oxygen atoms in total. The third kappa shape index (κ3) is 2.26. The normalized spacial score (nSPS) is 27.3. The number of hydrogen-bond donors (Lipinski definition) is 3. The quantitative estimate of drug-likeness (QED) is 0.805. The van der Waals surface area contributed by atoms with E-state index in [2.05, 4.69) is 15.3 Å². The van der Waals surface area contributed by atoms with Crippen LogP contribution in [0.15, 0.2) is 23.0 Å². The van der Waals surface area contributed by atoms with Crippen molar-refractivity contribution < 1.29 is 4.79 Å². The van der Waals surface area contributed by atoms with Gasteiger partial charge in [0.15, 0.2) is 0 Å². The first kappa shape index (κ1) is 12.7. The molecule has 2 aliphatic carbocycles. The monoisotopic (exact) mass is 285 g/mol. The van der Waals surface area contributed by atoms with Gasteiger partial charge in [-0.05, 0) is 48.8 Å². The number of H-pyrrole nitrogens is 2. The van der Waals surface area contributed by atoms with E-state index in [1.807, 2.05) is 18.2 Å². The van der Waals surface area contributed by atoms with Crippen molar-refractivity contribution in [1.82, 2.24) is 15.3 Å². The fraction of sp³-hybridized carbons (Fsp3) is 0.500. The lowest BCUT2D eigenvalue weighted by molar-refractivity contribution is -0.126. The molecular formula is C16H19N3O2. The van der Waals surface area contributed by atoms with Crippen molar-refractivity contribution in [2.45, 2.75) is 32.2 Å². The minimum atomic E-state index is -0.201. The van der Waals surface area contributed by atoms with Crippen LogP contribution in [0.25, 0.3) is 11.0 Å². The Labute approximate surface area is 122 Å². The van der Waals surface area contributed by atoms with Gasteiger partial charge in [-0.3, -0.25) is 4.79 Å². The van der Waals surface area contributed by atoms with Crippen molar-refractivity contribution in [2.24, 2.45) is 17.8 Å². The number of carbonyl (C=O) groups excluding carboxylic acids is 1. The summed E-state index contributed by atoms with van der Waals surface area (Å²) in [5, 5.41) is 3.06. The van der Waals surface area contributed by atoms with Crippen LogP contribution in [0.1, 0.15) is 31.2 Å². The number of nitrogens with one attached hydrogen (secondary N) is 3. The summed E-state index contributed by atoms with van der Waals surface area (Å²) >= 11 is 0. The van der Waals surface area contributed by atoms with Crippen LogP contribution in [-0.2, 0) is 11.3 Å². The molecule has 110 valence electrons. The minimum absolute atomic E-state index is 0.199. The topological polar surface area (TPSA) is 77.8 Å². The van der Waals surface area contributed by atoms with E-state index in [-0.39, 0.29) is 17.5 Å². The molecule has 1 aromatic carbocycles. The van der Waals surface area contributed by atoms with Gasteiger partial charge in [-0.1, -0.05) is 12.5 Å². The molecule has 1 amide bonds. The van der Waals surface area contributed by atoms with E-state index in [0.717, 1.165) is 28.9 Å². The standard InChI is InChI=1S/C16H19N3O2/c20-15(12-6-9-1-3-11(12)5-9)17-8-10-2-4-13-14(7-10)19-16(21)18-13/h2,4,7,9,11-12H,1,3,5-6,8H2,(H,17,20)(H2,18,19,21)/t9-,11-,12-/m0/s1. The number of aromatic nitrogens is 2. The smallest absolute Gasteiger partial charge is 0.323 e. The Balaban J connectivity index is 1.43. The zero-order chi connectivity index (χ0) is 14.4. The third-order valence-corrected chi connectivity index (χ3v) is 5.12. The van der Waals surface area contributed by atoms with Crippen molar-refractivity contribution >= 4 is 16.9 Å². The lowest BCUT2D eigenvalue weighted by atomic mass is 9.88. The molecule has 3 atom stereocenters. The molecule has 0 radical (unpaired) electrons. The van der Waals surface area contributed by atoms with Crippen LogP contribution in [0, 0.1) is 17.8 Å². The fourth-order valence-electron chi connectivity index (χ4n) is 4.08. The van der Waals surface area contributed by atoms with Crippen LogP contribution in [-0.4, -0.2) is 15.9 Å². The molecule has 0 saturated heterocycles. The molecule has 4 rings (SSSR count). The van der Waals surface area contributed by atoms with Gasteiger partial charge in [-0.25, -0.2) is 4.79 Å². The highest BCUT2D eigenvalue weighted by Gasteiger charge is 2.42. The largest absolute Gasteiger partial charge is 0.352 e. The van der Waals surface area contributed by atoms with E-state index < -0.39 is 0 Å². The van der Waals surface area contributed by atoms with Crippen LogP contribution in [0.5, 0.6) is 0 Å². The van der Waals surface area contributed by atoms with Crippen molar-refractivity contribution in [2.75, 3.05) is 0 Å². The van der Waals surface area contributed by atoms with Gasteiger partial charge in [0.25, 0.3) is 0 Å². The van der Waals surface area contributed by atoms with E-state index >= 15 is 0 Å². The van der Waals surface area contributed by atoms with Crippen molar-refractivity contribution in [1.29, 1.82) is 0 Å². The summed E-state index contributed by atoms with van der Waals surface area (Å²) in [6.07, 6.45) is 4.85. The van der Waals surface area contributed by atoms with Crippen molar-refractivity contribution in [3.05, 3.63) is 34.2 Å². The predicted octanol–water partition coefficient (Wildman–Crippen LogP) is 1.91. The van der Waals surface area contributed by atoms with Gasteiger partial charge in [-0.2, -0.15) is 0 Å². The molecule has 3 N–H and O–H groups in total. The van der Waals surface area contributed by atoms with E-state index in [9.17, 15) is 9.59 Å². The Hall–Kier alpha value is -2.04. The average molecular weight is 285 g/mol.